The predicted molar refractivity (Wildman–Crippen MR) is 41.2 cm³/mol. The lowest BCUT2D eigenvalue weighted by atomic mass is 10.3. The van der Waals surface area contributed by atoms with E-state index in [0.29, 0.717) is 6.54 Å². The van der Waals surface area contributed by atoms with Crippen molar-refractivity contribution in [1.82, 2.24) is 5.32 Å². The Labute approximate surface area is 61.1 Å². The third-order valence-corrected chi connectivity index (χ3v) is 1.14. The molecule has 0 rings (SSSR count). The van der Waals surface area contributed by atoms with Crippen molar-refractivity contribution in [2.75, 3.05) is 13.1 Å². The van der Waals surface area contributed by atoms with E-state index in [4.69, 9.17) is 10.9 Å². The number of amidine groups is 1. The maximum Gasteiger partial charge on any atom is 0.153 e. The van der Waals surface area contributed by atoms with Crippen LogP contribution in [0.4, 0.5) is 0 Å². The largest absolute Gasteiger partial charge is 0.409 e. The van der Waals surface area contributed by atoms with Crippen LogP contribution in [0.5, 0.6) is 0 Å². The summed E-state index contributed by atoms with van der Waals surface area (Å²) in [6.07, 6.45) is 2.28. The quantitative estimate of drug-likeness (QED) is 0.169. The Morgan fingerprint density at radius 3 is 2.90 bits per heavy atom. The third-order valence-electron chi connectivity index (χ3n) is 1.14. The minimum Gasteiger partial charge on any atom is -0.409 e. The molecule has 0 bridgehead atoms. The number of nitrogens with two attached hydrogens (primary N) is 1. The fourth-order valence-electron chi connectivity index (χ4n) is 0.554. The van der Waals surface area contributed by atoms with Crippen LogP contribution < -0.4 is 11.1 Å². The van der Waals surface area contributed by atoms with Gasteiger partial charge in [0.05, 0.1) is 6.54 Å². The second kappa shape index (κ2) is 6.35. The number of rotatable bonds is 5. The Morgan fingerprint density at radius 1 is 1.70 bits per heavy atom. The first-order valence-electron chi connectivity index (χ1n) is 3.48. The number of hydrogen-bond donors (Lipinski definition) is 3. The average molecular weight is 145 g/mol. The first-order chi connectivity index (χ1) is 4.81. The molecule has 4 heteroatoms. The molecular formula is C6H15N3O. The van der Waals surface area contributed by atoms with E-state index in [1.54, 1.807) is 0 Å². The van der Waals surface area contributed by atoms with Crippen LogP contribution in [0.2, 0.25) is 0 Å². The highest BCUT2D eigenvalue weighted by Gasteiger charge is 1.89. The van der Waals surface area contributed by atoms with Crippen molar-refractivity contribution in [2.45, 2.75) is 19.8 Å². The Morgan fingerprint density at radius 2 is 2.40 bits per heavy atom. The molecule has 0 atom stereocenters. The highest BCUT2D eigenvalue weighted by Crippen LogP contribution is 1.80. The van der Waals surface area contributed by atoms with Crippen molar-refractivity contribution < 1.29 is 5.21 Å². The minimum absolute atomic E-state index is 0.233. The van der Waals surface area contributed by atoms with Gasteiger partial charge in [-0.2, -0.15) is 0 Å². The summed E-state index contributed by atoms with van der Waals surface area (Å²) in [6.45, 7) is 3.51. The molecule has 0 aromatic rings. The van der Waals surface area contributed by atoms with Crippen molar-refractivity contribution in [3.63, 3.8) is 0 Å². The first kappa shape index (κ1) is 9.23. The molecule has 0 spiro atoms. The molecule has 0 aromatic heterocycles. The van der Waals surface area contributed by atoms with Gasteiger partial charge in [-0.15, -0.1) is 0 Å². The fourth-order valence-corrected chi connectivity index (χ4v) is 0.554. The van der Waals surface area contributed by atoms with Crippen LogP contribution in [-0.2, 0) is 0 Å². The average Bonchev–Trinajstić information content (AvgIpc) is 1.98. The highest BCUT2D eigenvalue weighted by atomic mass is 16.4. The molecule has 0 heterocycles. The first-order valence-corrected chi connectivity index (χ1v) is 3.48. The predicted octanol–water partition coefficient (Wildman–Crippen LogP) is 0.122. The molecule has 4 N–H and O–H groups in total. The Bertz CT molecular complexity index is 103. The summed E-state index contributed by atoms with van der Waals surface area (Å²) in [5.41, 5.74) is 5.19. The number of nitrogens with one attached hydrogen (secondary N) is 1. The van der Waals surface area contributed by atoms with Crippen LogP contribution in [-0.4, -0.2) is 24.1 Å². The SMILES string of the molecule is CCCCNC/C(N)=N/O. The van der Waals surface area contributed by atoms with Gasteiger partial charge in [0.15, 0.2) is 5.84 Å². The molecular weight excluding hydrogens is 130 g/mol. The zero-order valence-corrected chi connectivity index (χ0v) is 6.30. The summed E-state index contributed by atoms with van der Waals surface area (Å²) < 4.78 is 0. The molecule has 0 aliphatic carbocycles. The van der Waals surface area contributed by atoms with Crippen LogP contribution in [0, 0.1) is 0 Å². The summed E-state index contributed by atoms with van der Waals surface area (Å²) in [4.78, 5) is 0. The van der Waals surface area contributed by atoms with Gasteiger partial charge < -0.3 is 16.3 Å². The molecule has 0 aromatic carbocycles. The van der Waals surface area contributed by atoms with Crippen LogP contribution >= 0.6 is 0 Å². The summed E-state index contributed by atoms with van der Waals surface area (Å²) >= 11 is 0. The van der Waals surface area contributed by atoms with Crippen molar-refractivity contribution in [2.24, 2.45) is 10.9 Å². The number of nitrogens with zero attached hydrogens (tertiary/aromatic N) is 1. The summed E-state index contributed by atoms with van der Waals surface area (Å²) in [6, 6.07) is 0. The third kappa shape index (κ3) is 5.37. The molecule has 0 fully saturated rings. The Hall–Kier alpha value is -0.770. The van der Waals surface area contributed by atoms with E-state index in [1.807, 2.05) is 0 Å². The van der Waals surface area contributed by atoms with Gasteiger partial charge in [-0.3, -0.25) is 0 Å². The highest BCUT2D eigenvalue weighted by molar-refractivity contribution is 5.81. The van der Waals surface area contributed by atoms with Crippen molar-refractivity contribution in [3.8, 4) is 0 Å². The van der Waals surface area contributed by atoms with E-state index in [-0.39, 0.29) is 5.84 Å². The van der Waals surface area contributed by atoms with E-state index in [2.05, 4.69) is 17.4 Å². The maximum absolute atomic E-state index is 8.11. The van der Waals surface area contributed by atoms with Gasteiger partial charge in [-0.05, 0) is 13.0 Å². The minimum atomic E-state index is 0.233. The molecule has 0 unspecified atom stereocenters. The van der Waals surface area contributed by atoms with Gasteiger partial charge in [0.1, 0.15) is 0 Å². The fraction of sp³-hybridized carbons (Fsp3) is 0.833. The van der Waals surface area contributed by atoms with Crippen LogP contribution in [0.15, 0.2) is 5.16 Å². The van der Waals surface area contributed by atoms with Gasteiger partial charge in [0.25, 0.3) is 0 Å². The molecule has 10 heavy (non-hydrogen) atoms. The lowest BCUT2D eigenvalue weighted by Gasteiger charge is -2.00. The Kier molecular flexibility index (Phi) is 5.86. The molecule has 0 saturated carbocycles. The monoisotopic (exact) mass is 145 g/mol. The molecule has 60 valence electrons. The van der Waals surface area contributed by atoms with E-state index >= 15 is 0 Å². The lowest BCUT2D eigenvalue weighted by Crippen LogP contribution is -2.29. The topological polar surface area (TPSA) is 70.6 Å². The Balaban J connectivity index is 3.04. The number of unbranched alkanes of at least 4 members (excludes halogenated alkanes) is 1. The van der Waals surface area contributed by atoms with E-state index in [1.165, 1.54) is 0 Å². The molecule has 0 aliphatic heterocycles. The van der Waals surface area contributed by atoms with Crippen molar-refractivity contribution in [3.05, 3.63) is 0 Å². The summed E-state index contributed by atoms with van der Waals surface area (Å²) in [7, 11) is 0. The molecule has 0 aliphatic rings. The van der Waals surface area contributed by atoms with Crippen LogP contribution in [0.25, 0.3) is 0 Å². The normalized spacial score (nSPS) is 11.9. The zero-order valence-electron chi connectivity index (χ0n) is 6.30. The van der Waals surface area contributed by atoms with E-state index in [0.717, 1.165) is 19.4 Å². The van der Waals surface area contributed by atoms with Gasteiger partial charge in [-0.25, -0.2) is 0 Å². The lowest BCUT2D eigenvalue weighted by molar-refractivity contribution is 0.317. The molecule has 0 saturated heterocycles. The van der Waals surface area contributed by atoms with E-state index < -0.39 is 0 Å². The summed E-state index contributed by atoms with van der Waals surface area (Å²) in [5.74, 6) is 0.233. The van der Waals surface area contributed by atoms with Gasteiger partial charge in [0, 0.05) is 0 Å². The van der Waals surface area contributed by atoms with E-state index in [9.17, 15) is 0 Å². The second-order valence-corrected chi connectivity index (χ2v) is 2.12. The van der Waals surface area contributed by atoms with Gasteiger partial charge in [-0.1, -0.05) is 18.5 Å². The number of hydrogen-bond acceptors (Lipinski definition) is 3. The maximum atomic E-state index is 8.11. The van der Waals surface area contributed by atoms with Crippen molar-refractivity contribution in [1.29, 1.82) is 0 Å². The van der Waals surface area contributed by atoms with Crippen LogP contribution in [0.1, 0.15) is 19.8 Å². The van der Waals surface area contributed by atoms with Gasteiger partial charge >= 0.3 is 0 Å². The molecule has 0 amide bonds. The second-order valence-electron chi connectivity index (χ2n) is 2.12. The summed E-state index contributed by atoms with van der Waals surface area (Å²) in [5, 5.41) is 14.0. The standard InChI is InChI=1S/C6H15N3O/c1-2-3-4-8-5-6(7)9-10/h8,10H,2-5H2,1H3,(H2,7,9). The zero-order chi connectivity index (χ0) is 7.82. The number of oxime groups is 1. The molecule has 4 nitrogen and oxygen atoms in total. The smallest absolute Gasteiger partial charge is 0.153 e. The van der Waals surface area contributed by atoms with Crippen molar-refractivity contribution >= 4 is 5.84 Å². The molecule has 0 radical (unpaired) electrons. The van der Waals surface area contributed by atoms with Crippen LogP contribution in [0.3, 0.4) is 0 Å². The van der Waals surface area contributed by atoms with Gasteiger partial charge in [0.2, 0.25) is 0 Å².